The molecule has 0 saturated carbocycles. The summed E-state index contributed by atoms with van der Waals surface area (Å²) in [5, 5.41) is 4.80. The molecule has 0 radical (unpaired) electrons. The van der Waals surface area contributed by atoms with Crippen molar-refractivity contribution in [3.63, 3.8) is 0 Å². The van der Waals surface area contributed by atoms with Gasteiger partial charge in [-0.15, -0.1) is 0 Å². The number of rotatable bonds is 6. The first-order chi connectivity index (χ1) is 11.2. The molecular formula is C14H18N3NaO6S. The van der Waals surface area contributed by atoms with E-state index in [0.717, 1.165) is 5.56 Å². The van der Waals surface area contributed by atoms with Crippen molar-refractivity contribution in [2.75, 3.05) is 6.54 Å². The molecule has 0 aliphatic carbocycles. The number of nitrogens with one attached hydrogen (secondary N) is 2. The van der Waals surface area contributed by atoms with E-state index >= 15 is 0 Å². The van der Waals surface area contributed by atoms with Gasteiger partial charge in [-0.3, -0.25) is 18.9 Å². The summed E-state index contributed by atoms with van der Waals surface area (Å²) in [6, 6.07) is 6.59. The Morgan fingerprint density at radius 1 is 1.24 bits per heavy atom. The Balaban J connectivity index is 0.00000312. The maximum absolute atomic E-state index is 12.0. The third kappa shape index (κ3) is 5.51. The Morgan fingerprint density at radius 2 is 1.84 bits per heavy atom. The van der Waals surface area contributed by atoms with E-state index in [0.29, 0.717) is 0 Å². The molecule has 25 heavy (non-hydrogen) atoms. The average molecular weight is 379 g/mol. The molecule has 0 bridgehead atoms. The molecule has 1 fully saturated rings. The number of hydrogen-bond donors (Lipinski definition) is 3. The average Bonchev–Trinajstić information content (AvgIpc) is 2.48. The molecule has 2 unspecified atom stereocenters. The van der Waals surface area contributed by atoms with Gasteiger partial charge in [-0.2, -0.15) is 8.42 Å². The SMILES string of the molecule is CC(=O)NCC1C(NC(=O)Cc2ccccc2)C(=O)N1S(=O)(=O)O.[NaH]. The number of nitrogens with zero attached hydrogens (tertiary/aromatic N) is 1. The maximum atomic E-state index is 12.0. The molecule has 1 aliphatic heterocycles. The van der Waals surface area contributed by atoms with Crippen molar-refractivity contribution < 1.29 is 27.4 Å². The van der Waals surface area contributed by atoms with Gasteiger partial charge in [-0.05, 0) is 5.56 Å². The number of β-lactam (4-membered cyclic amide) rings is 1. The van der Waals surface area contributed by atoms with Crippen LogP contribution in [-0.4, -0.2) is 83.2 Å². The zero-order valence-corrected chi connectivity index (χ0v) is 13.6. The van der Waals surface area contributed by atoms with Crippen LogP contribution in [0.3, 0.4) is 0 Å². The first-order valence-corrected chi connectivity index (χ1v) is 8.48. The zero-order chi connectivity index (χ0) is 17.9. The summed E-state index contributed by atoms with van der Waals surface area (Å²) in [6.07, 6.45) is 0.0172. The molecular weight excluding hydrogens is 361 g/mol. The predicted molar refractivity (Wildman–Crippen MR) is 90.1 cm³/mol. The molecule has 1 aromatic rings. The van der Waals surface area contributed by atoms with Crippen molar-refractivity contribution >= 4 is 57.6 Å². The Hall–Kier alpha value is -1.46. The van der Waals surface area contributed by atoms with Gasteiger partial charge in [0, 0.05) is 13.5 Å². The van der Waals surface area contributed by atoms with Gasteiger partial charge in [0.25, 0.3) is 5.91 Å². The van der Waals surface area contributed by atoms with Gasteiger partial charge >= 0.3 is 39.9 Å². The fraction of sp³-hybridized carbons (Fsp3) is 0.357. The van der Waals surface area contributed by atoms with Crippen molar-refractivity contribution in [2.45, 2.75) is 25.4 Å². The van der Waals surface area contributed by atoms with Crippen molar-refractivity contribution in [3.05, 3.63) is 35.9 Å². The van der Waals surface area contributed by atoms with E-state index in [1.54, 1.807) is 30.3 Å². The Kier molecular flexibility index (Phi) is 7.57. The predicted octanol–water partition coefficient (Wildman–Crippen LogP) is -1.78. The van der Waals surface area contributed by atoms with Crippen LogP contribution >= 0.6 is 0 Å². The fourth-order valence-corrected chi connectivity index (χ4v) is 3.30. The summed E-state index contributed by atoms with van der Waals surface area (Å²) in [5.74, 6) is -1.85. The summed E-state index contributed by atoms with van der Waals surface area (Å²) in [6.45, 7) is 1.01. The number of hydrogen-bond acceptors (Lipinski definition) is 5. The molecule has 1 aliphatic rings. The van der Waals surface area contributed by atoms with E-state index in [2.05, 4.69) is 10.6 Å². The van der Waals surface area contributed by atoms with Crippen LogP contribution in [-0.2, 0) is 31.1 Å². The Bertz CT molecular complexity index is 755. The quantitative estimate of drug-likeness (QED) is 0.304. The van der Waals surface area contributed by atoms with Crippen molar-refractivity contribution in [1.82, 2.24) is 14.9 Å². The second-order valence-corrected chi connectivity index (χ2v) is 6.61. The summed E-state index contributed by atoms with van der Waals surface area (Å²) >= 11 is 0. The molecule has 1 heterocycles. The monoisotopic (exact) mass is 379 g/mol. The molecule has 1 saturated heterocycles. The molecule has 3 N–H and O–H groups in total. The van der Waals surface area contributed by atoms with E-state index in [1.807, 2.05) is 0 Å². The van der Waals surface area contributed by atoms with Crippen LogP contribution < -0.4 is 10.6 Å². The molecule has 3 amide bonds. The van der Waals surface area contributed by atoms with Gasteiger partial charge in [0.1, 0.15) is 6.04 Å². The van der Waals surface area contributed by atoms with Crippen LogP contribution in [0.25, 0.3) is 0 Å². The molecule has 1 aromatic carbocycles. The van der Waals surface area contributed by atoms with Crippen LogP contribution in [0.5, 0.6) is 0 Å². The van der Waals surface area contributed by atoms with E-state index < -0.39 is 40.1 Å². The summed E-state index contributed by atoms with van der Waals surface area (Å²) in [4.78, 5) is 34.9. The van der Waals surface area contributed by atoms with Gasteiger partial charge in [-0.1, -0.05) is 30.3 Å². The van der Waals surface area contributed by atoms with Crippen LogP contribution in [0.4, 0.5) is 0 Å². The third-order valence-electron chi connectivity index (χ3n) is 3.50. The van der Waals surface area contributed by atoms with Crippen LogP contribution in [0, 0.1) is 0 Å². The van der Waals surface area contributed by atoms with Crippen LogP contribution in [0.1, 0.15) is 12.5 Å². The van der Waals surface area contributed by atoms with Crippen molar-refractivity contribution in [2.24, 2.45) is 0 Å². The van der Waals surface area contributed by atoms with E-state index in [1.165, 1.54) is 6.92 Å². The fourth-order valence-electron chi connectivity index (χ4n) is 2.42. The first-order valence-electron chi connectivity index (χ1n) is 7.08. The first kappa shape index (κ1) is 21.6. The molecule has 0 spiro atoms. The number of amides is 3. The van der Waals surface area contributed by atoms with Gasteiger partial charge in [0.2, 0.25) is 11.8 Å². The Morgan fingerprint density at radius 3 is 2.36 bits per heavy atom. The van der Waals surface area contributed by atoms with Crippen LogP contribution in [0.2, 0.25) is 0 Å². The van der Waals surface area contributed by atoms with Crippen molar-refractivity contribution in [1.29, 1.82) is 0 Å². The van der Waals surface area contributed by atoms with E-state index in [-0.39, 0.29) is 46.8 Å². The second-order valence-electron chi connectivity index (χ2n) is 5.32. The van der Waals surface area contributed by atoms with Crippen molar-refractivity contribution in [3.8, 4) is 0 Å². The molecule has 9 nitrogen and oxygen atoms in total. The number of carbonyl (C=O) groups excluding carboxylic acids is 3. The number of carbonyl (C=O) groups is 3. The summed E-state index contributed by atoms with van der Waals surface area (Å²) in [5.41, 5.74) is 0.729. The summed E-state index contributed by atoms with van der Waals surface area (Å²) in [7, 11) is -4.76. The topological polar surface area (TPSA) is 133 Å². The number of benzene rings is 1. The molecule has 11 heteroatoms. The van der Waals surface area contributed by atoms with Gasteiger partial charge < -0.3 is 10.6 Å². The summed E-state index contributed by atoms with van der Waals surface area (Å²) < 4.78 is 31.8. The minimum atomic E-state index is -4.76. The Labute approximate surface area is 167 Å². The van der Waals surface area contributed by atoms with Crippen LogP contribution in [0.15, 0.2) is 30.3 Å². The van der Waals surface area contributed by atoms with Gasteiger partial charge in [0.05, 0.1) is 12.5 Å². The molecule has 0 aromatic heterocycles. The molecule has 132 valence electrons. The van der Waals surface area contributed by atoms with Gasteiger partial charge in [-0.25, -0.2) is 4.31 Å². The molecule has 2 rings (SSSR count). The normalized spacial score (nSPS) is 19.4. The zero-order valence-electron chi connectivity index (χ0n) is 12.8. The minimum absolute atomic E-state index is 0. The standard InChI is InChI=1S/C14H17N3O6S.Na.H/c1-9(18)15-8-11-13(14(20)17(11)24(21,22)23)16-12(19)7-10-5-3-2-4-6-10;;/h2-6,11,13H,7-8H2,1H3,(H,15,18)(H,16,19)(H,21,22,23);;. The van der Waals surface area contributed by atoms with E-state index in [4.69, 9.17) is 4.55 Å². The third-order valence-corrected chi connectivity index (χ3v) is 4.45. The van der Waals surface area contributed by atoms with Gasteiger partial charge in [0.15, 0.2) is 0 Å². The molecule has 2 atom stereocenters. The van der Waals surface area contributed by atoms with E-state index in [9.17, 15) is 22.8 Å². The second kappa shape index (κ2) is 8.77.